The quantitative estimate of drug-likeness (QED) is 0.641. The van der Waals surface area contributed by atoms with Crippen molar-refractivity contribution < 1.29 is 22.7 Å². The van der Waals surface area contributed by atoms with Gasteiger partial charge in [0.25, 0.3) is 5.91 Å². The highest BCUT2D eigenvalue weighted by molar-refractivity contribution is 5.93. The number of rotatable bonds is 5. The normalized spacial score (nSPS) is 18.1. The fourth-order valence-corrected chi connectivity index (χ4v) is 3.53. The molecule has 0 radical (unpaired) electrons. The molecule has 3 heterocycles. The Morgan fingerprint density at radius 2 is 2.10 bits per heavy atom. The second-order valence-electron chi connectivity index (χ2n) is 7.13. The van der Waals surface area contributed by atoms with Crippen molar-refractivity contribution in [3.63, 3.8) is 0 Å². The number of nitrogens with zero attached hydrogens (tertiary/aromatic N) is 3. The topological polar surface area (TPSA) is 81.1 Å². The molecule has 2 atom stereocenters. The van der Waals surface area contributed by atoms with Crippen LogP contribution in [0.2, 0.25) is 0 Å². The number of alkyl halides is 3. The molecular formula is C21H20F3N5O2. The summed E-state index contributed by atoms with van der Waals surface area (Å²) >= 11 is 0. The molecule has 0 saturated heterocycles. The maximum absolute atomic E-state index is 13.8. The number of halogens is 3. The summed E-state index contributed by atoms with van der Waals surface area (Å²) in [7, 11) is 1.50. The lowest BCUT2D eigenvalue weighted by atomic mass is 9.97. The SMILES string of the molecule is COc1cccc([C@@H]2C[C@@H](C(F)(F)F)n3nc(C(=O)NCc4ccccn4)cc3N2)c1. The molecule has 2 N–H and O–H groups in total. The predicted octanol–water partition coefficient (Wildman–Crippen LogP) is 3.88. The van der Waals surface area contributed by atoms with Crippen LogP contribution in [-0.2, 0) is 6.54 Å². The molecule has 7 nitrogen and oxygen atoms in total. The summed E-state index contributed by atoms with van der Waals surface area (Å²) in [5.41, 5.74) is 1.19. The van der Waals surface area contributed by atoms with Crippen molar-refractivity contribution in [1.82, 2.24) is 20.1 Å². The van der Waals surface area contributed by atoms with E-state index in [1.54, 1.807) is 48.7 Å². The van der Waals surface area contributed by atoms with Crippen LogP contribution in [0.15, 0.2) is 54.7 Å². The Bertz CT molecular complexity index is 1070. The Morgan fingerprint density at radius 3 is 2.81 bits per heavy atom. The van der Waals surface area contributed by atoms with E-state index in [2.05, 4.69) is 20.7 Å². The van der Waals surface area contributed by atoms with E-state index >= 15 is 0 Å². The Hall–Kier alpha value is -3.56. The predicted molar refractivity (Wildman–Crippen MR) is 107 cm³/mol. The highest BCUT2D eigenvalue weighted by Crippen LogP contribution is 2.43. The van der Waals surface area contributed by atoms with Crippen molar-refractivity contribution >= 4 is 11.7 Å². The lowest BCUT2D eigenvalue weighted by Crippen LogP contribution is -2.35. The monoisotopic (exact) mass is 431 g/mol. The average Bonchev–Trinajstić information content (AvgIpc) is 3.21. The lowest BCUT2D eigenvalue weighted by Gasteiger charge is -2.33. The van der Waals surface area contributed by atoms with E-state index < -0.39 is 24.2 Å². The third kappa shape index (κ3) is 4.47. The number of anilines is 1. The molecule has 0 unspecified atom stereocenters. The number of aromatic nitrogens is 3. The molecule has 1 aliphatic rings. The van der Waals surface area contributed by atoms with Gasteiger partial charge in [-0.1, -0.05) is 18.2 Å². The minimum Gasteiger partial charge on any atom is -0.497 e. The van der Waals surface area contributed by atoms with Crippen molar-refractivity contribution in [2.24, 2.45) is 0 Å². The molecule has 0 fully saturated rings. The van der Waals surface area contributed by atoms with E-state index in [4.69, 9.17) is 4.74 Å². The summed E-state index contributed by atoms with van der Waals surface area (Å²) in [6.45, 7) is 0.143. The Balaban J connectivity index is 1.59. The van der Waals surface area contributed by atoms with Crippen LogP contribution < -0.4 is 15.4 Å². The van der Waals surface area contributed by atoms with Gasteiger partial charge in [0.15, 0.2) is 11.7 Å². The minimum atomic E-state index is -4.53. The molecule has 2 aromatic heterocycles. The fraction of sp³-hybridized carbons (Fsp3) is 0.286. The summed E-state index contributed by atoms with van der Waals surface area (Å²) in [4.78, 5) is 16.6. The van der Waals surface area contributed by atoms with E-state index in [9.17, 15) is 18.0 Å². The third-order valence-electron chi connectivity index (χ3n) is 5.07. The first kappa shape index (κ1) is 20.7. The molecule has 1 aromatic carbocycles. The van der Waals surface area contributed by atoms with E-state index in [1.165, 1.54) is 13.2 Å². The number of fused-ring (bicyclic) bond motifs is 1. The molecule has 0 aliphatic carbocycles. The van der Waals surface area contributed by atoms with E-state index in [0.717, 1.165) is 4.68 Å². The summed E-state index contributed by atoms with van der Waals surface area (Å²) in [5, 5.41) is 9.65. The zero-order valence-corrected chi connectivity index (χ0v) is 16.6. The highest BCUT2D eigenvalue weighted by Gasteiger charge is 2.46. The Kier molecular flexibility index (Phi) is 5.53. The summed E-state index contributed by atoms with van der Waals surface area (Å²) in [5.74, 6) is 0.106. The number of benzene rings is 1. The van der Waals surface area contributed by atoms with Crippen LogP contribution >= 0.6 is 0 Å². The smallest absolute Gasteiger partial charge is 0.410 e. The minimum absolute atomic E-state index is 0.0982. The van der Waals surface area contributed by atoms with Gasteiger partial charge in [-0.05, 0) is 29.8 Å². The molecule has 0 bridgehead atoms. The number of hydrogen-bond acceptors (Lipinski definition) is 5. The van der Waals surface area contributed by atoms with Crippen LogP contribution in [-0.4, -0.2) is 34.0 Å². The first-order valence-electron chi connectivity index (χ1n) is 9.60. The molecule has 10 heteroatoms. The average molecular weight is 431 g/mol. The number of nitrogens with one attached hydrogen (secondary N) is 2. The maximum atomic E-state index is 13.8. The molecule has 4 rings (SSSR count). The fourth-order valence-electron chi connectivity index (χ4n) is 3.53. The van der Waals surface area contributed by atoms with E-state index in [-0.39, 0.29) is 24.5 Å². The van der Waals surface area contributed by atoms with Gasteiger partial charge >= 0.3 is 6.18 Å². The maximum Gasteiger partial charge on any atom is 0.410 e. The molecule has 1 aliphatic heterocycles. The van der Waals surface area contributed by atoms with Gasteiger partial charge in [-0.2, -0.15) is 18.3 Å². The van der Waals surface area contributed by atoms with Gasteiger partial charge in [-0.3, -0.25) is 9.78 Å². The van der Waals surface area contributed by atoms with Gasteiger partial charge in [0, 0.05) is 18.7 Å². The number of ether oxygens (including phenoxy) is 1. The zero-order valence-electron chi connectivity index (χ0n) is 16.6. The van der Waals surface area contributed by atoms with Crippen LogP contribution in [0.4, 0.5) is 19.0 Å². The molecule has 0 spiro atoms. The van der Waals surface area contributed by atoms with Crippen molar-refractivity contribution in [3.05, 3.63) is 71.7 Å². The molecule has 162 valence electrons. The number of hydrogen-bond donors (Lipinski definition) is 2. The van der Waals surface area contributed by atoms with Crippen LogP contribution in [0, 0.1) is 0 Å². The first-order valence-corrected chi connectivity index (χ1v) is 9.60. The Labute approximate surface area is 176 Å². The molecule has 31 heavy (non-hydrogen) atoms. The summed E-state index contributed by atoms with van der Waals surface area (Å²) < 4.78 is 47.5. The summed E-state index contributed by atoms with van der Waals surface area (Å²) in [6, 6.07) is 11.0. The number of pyridine rings is 1. The highest BCUT2D eigenvalue weighted by atomic mass is 19.4. The number of carbonyl (C=O) groups is 1. The first-order chi connectivity index (χ1) is 14.8. The zero-order chi connectivity index (χ0) is 22.0. The van der Waals surface area contributed by atoms with Gasteiger partial charge in [0.2, 0.25) is 0 Å². The Morgan fingerprint density at radius 1 is 1.26 bits per heavy atom. The van der Waals surface area contributed by atoms with Gasteiger partial charge in [0.1, 0.15) is 11.6 Å². The number of amides is 1. The lowest BCUT2D eigenvalue weighted by molar-refractivity contribution is -0.173. The van der Waals surface area contributed by atoms with E-state index in [0.29, 0.717) is 17.0 Å². The molecule has 1 amide bonds. The van der Waals surface area contributed by atoms with Gasteiger partial charge in [0.05, 0.1) is 25.4 Å². The number of carbonyl (C=O) groups excluding carboxylic acids is 1. The van der Waals surface area contributed by atoms with Crippen LogP contribution in [0.5, 0.6) is 5.75 Å². The number of methoxy groups -OCH3 is 1. The largest absolute Gasteiger partial charge is 0.497 e. The van der Waals surface area contributed by atoms with Crippen molar-refractivity contribution in [2.75, 3.05) is 12.4 Å². The second-order valence-corrected chi connectivity index (χ2v) is 7.13. The second kappa shape index (κ2) is 8.29. The van der Waals surface area contributed by atoms with Crippen molar-refractivity contribution in [2.45, 2.75) is 31.2 Å². The van der Waals surface area contributed by atoms with Gasteiger partial charge in [-0.15, -0.1) is 0 Å². The van der Waals surface area contributed by atoms with Crippen LogP contribution in [0.25, 0.3) is 0 Å². The van der Waals surface area contributed by atoms with Gasteiger partial charge < -0.3 is 15.4 Å². The van der Waals surface area contributed by atoms with Crippen LogP contribution in [0.3, 0.4) is 0 Å². The standard InChI is InChI=1S/C21H20F3N5O2/c1-31-15-7-4-5-13(9-15)16-10-18(21(22,23)24)29-19(27-16)11-17(28-29)20(30)26-12-14-6-2-3-8-25-14/h2-9,11,16,18,27H,10,12H2,1H3,(H,26,30)/t16-,18-/m0/s1. The van der Waals surface area contributed by atoms with Crippen LogP contribution in [0.1, 0.15) is 40.3 Å². The van der Waals surface area contributed by atoms with Gasteiger partial charge in [-0.25, -0.2) is 4.68 Å². The molecule has 0 saturated carbocycles. The molecule has 3 aromatic rings. The third-order valence-corrected chi connectivity index (χ3v) is 5.07. The van der Waals surface area contributed by atoms with Crippen molar-refractivity contribution in [1.29, 1.82) is 0 Å². The van der Waals surface area contributed by atoms with E-state index in [1.807, 2.05) is 0 Å². The summed E-state index contributed by atoms with van der Waals surface area (Å²) in [6.07, 6.45) is -3.20. The van der Waals surface area contributed by atoms with Crippen molar-refractivity contribution in [3.8, 4) is 5.75 Å². The molecular weight excluding hydrogens is 411 g/mol.